The van der Waals surface area contributed by atoms with Crippen molar-refractivity contribution in [3.8, 4) is 5.75 Å². The molecule has 0 heterocycles. The minimum Gasteiger partial charge on any atom is -0.497 e. The Morgan fingerprint density at radius 1 is 1.30 bits per heavy atom. The Labute approximate surface area is 62.4 Å². The van der Waals surface area contributed by atoms with E-state index in [4.69, 9.17) is 4.74 Å². The van der Waals surface area contributed by atoms with Crippen LogP contribution in [0.5, 0.6) is 5.75 Å². The number of rotatable bonds is 2. The van der Waals surface area contributed by atoms with E-state index in [1.807, 2.05) is 12.1 Å². The van der Waals surface area contributed by atoms with Crippen molar-refractivity contribution in [3.05, 3.63) is 29.8 Å². The van der Waals surface area contributed by atoms with E-state index in [0.29, 0.717) is 0 Å². The van der Waals surface area contributed by atoms with Gasteiger partial charge in [-0.1, -0.05) is 24.0 Å². The highest BCUT2D eigenvalue weighted by atomic mass is 16.5. The lowest BCUT2D eigenvalue weighted by Gasteiger charge is -1.99. The third kappa shape index (κ3) is 1.53. The van der Waals surface area contributed by atoms with Gasteiger partial charge >= 0.3 is 0 Å². The van der Waals surface area contributed by atoms with E-state index in [9.17, 15) is 0 Å². The van der Waals surface area contributed by atoms with Crippen LogP contribution in [0.1, 0.15) is 5.56 Å². The lowest BCUT2D eigenvalue weighted by atomic mass is 9.97. The summed E-state index contributed by atoms with van der Waals surface area (Å²) in [6.07, 6.45) is 1.09. The van der Waals surface area contributed by atoms with Gasteiger partial charge in [0.2, 0.25) is 0 Å². The van der Waals surface area contributed by atoms with Crippen molar-refractivity contribution >= 4 is 7.85 Å². The molecule has 0 atom stereocenters. The molecule has 0 saturated carbocycles. The van der Waals surface area contributed by atoms with E-state index < -0.39 is 0 Å². The van der Waals surface area contributed by atoms with Crippen molar-refractivity contribution in [2.75, 3.05) is 7.11 Å². The summed E-state index contributed by atoms with van der Waals surface area (Å²) >= 11 is 0. The fourth-order valence-corrected chi connectivity index (χ4v) is 0.861. The van der Waals surface area contributed by atoms with Gasteiger partial charge in [0.25, 0.3) is 0 Å². The second kappa shape index (κ2) is 3.30. The molecular weight excluding hydrogens is 123 g/mol. The lowest BCUT2D eigenvalue weighted by Crippen LogP contribution is -1.85. The van der Waals surface area contributed by atoms with Crippen molar-refractivity contribution in [1.82, 2.24) is 0 Å². The van der Waals surface area contributed by atoms with Crippen LogP contribution in [0, 0.1) is 0 Å². The highest BCUT2D eigenvalue weighted by molar-refractivity contribution is 6.08. The van der Waals surface area contributed by atoms with Crippen LogP contribution in [0.2, 0.25) is 0 Å². The normalized spacial score (nSPS) is 9.30. The molecule has 52 valence electrons. The van der Waals surface area contributed by atoms with Crippen LogP contribution in [0.15, 0.2) is 24.3 Å². The fraction of sp³-hybridized carbons (Fsp3) is 0.250. The first-order valence-electron chi connectivity index (χ1n) is 3.49. The predicted octanol–water partition coefficient (Wildman–Crippen LogP) is 0.828. The number of methoxy groups -OCH3 is 1. The second-order valence-electron chi connectivity index (χ2n) is 2.20. The zero-order chi connectivity index (χ0) is 7.40. The average Bonchev–Trinajstić information content (AvgIpc) is 2.05. The van der Waals surface area contributed by atoms with Gasteiger partial charge in [-0.25, -0.2) is 0 Å². The summed E-state index contributed by atoms with van der Waals surface area (Å²) in [6, 6.07) is 8.13. The van der Waals surface area contributed by atoms with E-state index >= 15 is 0 Å². The van der Waals surface area contributed by atoms with Crippen LogP contribution in [-0.4, -0.2) is 15.0 Å². The summed E-state index contributed by atoms with van der Waals surface area (Å²) in [7, 11) is 3.82. The third-order valence-electron chi connectivity index (χ3n) is 1.57. The van der Waals surface area contributed by atoms with Gasteiger partial charge in [0.1, 0.15) is 13.6 Å². The summed E-state index contributed by atoms with van der Waals surface area (Å²) in [5, 5.41) is 0. The van der Waals surface area contributed by atoms with E-state index in [-0.39, 0.29) is 0 Å². The average molecular weight is 134 g/mol. The molecule has 0 unspecified atom stereocenters. The van der Waals surface area contributed by atoms with Gasteiger partial charge in [0, 0.05) is 0 Å². The van der Waals surface area contributed by atoms with Gasteiger partial charge in [-0.05, 0) is 12.1 Å². The van der Waals surface area contributed by atoms with Gasteiger partial charge in [-0.2, -0.15) is 0 Å². The van der Waals surface area contributed by atoms with E-state index in [2.05, 4.69) is 20.0 Å². The predicted molar refractivity (Wildman–Crippen MR) is 45.2 cm³/mol. The monoisotopic (exact) mass is 134 g/mol. The highest BCUT2D eigenvalue weighted by Gasteiger charge is 1.89. The number of hydrogen-bond donors (Lipinski definition) is 0. The molecule has 0 aliphatic heterocycles. The Bertz CT molecular complexity index is 170. The van der Waals surface area contributed by atoms with Crippen LogP contribution < -0.4 is 4.74 Å². The van der Waals surface area contributed by atoms with E-state index in [1.165, 1.54) is 5.56 Å². The minimum atomic E-state index is 0.928. The molecule has 2 heteroatoms. The molecule has 0 bridgehead atoms. The van der Waals surface area contributed by atoms with Crippen molar-refractivity contribution in [2.24, 2.45) is 0 Å². The summed E-state index contributed by atoms with van der Waals surface area (Å²) in [4.78, 5) is 0. The minimum absolute atomic E-state index is 0.928. The van der Waals surface area contributed by atoms with Crippen LogP contribution in [-0.2, 0) is 6.32 Å². The van der Waals surface area contributed by atoms with Crippen molar-refractivity contribution in [1.29, 1.82) is 0 Å². The van der Waals surface area contributed by atoms with Crippen LogP contribution in [0.3, 0.4) is 0 Å². The van der Waals surface area contributed by atoms with Crippen LogP contribution in [0.25, 0.3) is 0 Å². The quantitative estimate of drug-likeness (QED) is 0.544. The van der Waals surface area contributed by atoms with Crippen molar-refractivity contribution in [3.63, 3.8) is 0 Å². The van der Waals surface area contributed by atoms with E-state index in [0.717, 1.165) is 12.1 Å². The molecule has 0 spiro atoms. The summed E-state index contributed by atoms with van der Waals surface area (Å²) in [5.74, 6) is 0.928. The molecule has 0 amide bonds. The maximum Gasteiger partial charge on any atom is 0.118 e. The van der Waals surface area contributed by atoms with Crippen LogP contribution in [0.4, 0.5) is 0 Å². The van der Waals surface area contributed by atoms with Gasteiger partial charge < -0.3 is 4.74 Å². The van der Waals surface area contributed by atoms with Crippen molar-refractivity contribution in [2.45, 2.75) is 6.32 Å². The van der Waals surface area contributed by atoms with E-state index in [1.54, 1.807) is 7.11 Å². The molecule has 0 aromatic heterocycles. The molecule has 0 aliphatic carbocycles. The Balaban J connectivity index is 2.80. The zero-order valence-electron chi connectivity index (χ0n) is 6.42. The topological polar surface area (TPSA) is 9.23 Å². The molecular formula is C8H11BO. The molecule has 10 heavy (non-hydrogen) atoms. The second-order valence-corrected chi connectivity index (χ2v) is 2.20. The smallest absolute Gasteiger partial charge is 0.118 e. The first-order chi connectivity index (χ1) is 4.86. The Kier molecular flexibility index (Phi) is 2.38. The summed E-state index contributed by atoms with van der Waals surface area (Å²) < 4.78 is 5.01. The van der Waals surface area contributed by atoms with Crippen LogP contribution >= 0.6 is 0 Å². The fourth-order valence-electron chi connectivity index (χ4n) is 0.861. The summed E-state index contributed by atoms with van der Waals surface area (Å²) in [5.41, 5.74) is 1.35. The molecule has 0 aliphatic rings. The molecule has 0 saturated heterocycles. The molecule has 1 aromatic carbocycles. The van der Waals surface area contributed by atoms with Gasteiger partial charge in [0.15, 0.2) is 0 Å². The third-order valence-corrected chi connectivity index (χ3v) is 1.57. The highest BCUT2D eigenvalue weighted by Crippen LogP contribution is 2.10. The molecule has 0 fully saturated rings. The number of ether oxygens (including phenoxy) is 1. The molecule has 0 radical (unpaired) electrons. The molecule has 1 aromatic rings. The Morgan fingerprint density at radius 2 is 1.90 bits per heavy atom. The first-order valence-corrected chi connectivity index (χ1v) is 3.49. The van der Waals surface area contributed by atoms with Gasteiger partial charge in [-0.3, -0.25) is 0 Å². The zero-order valence-corrected chi connectivity index (χ0v) is 6.42. The number of benzene rings is 1. The number of hydrogen-bond acceptors (Lipinski definition) is 1. The molecule has 0 N–H and O–H groups in total. The molecule has 1 nitrogen and oxygen atoms in total. The standard InChI is InChI=1S/C8H11BO/c1-10-8-4-2-7(6-9)3-5-8/h2-5H,6,9H2,1H3. The van der Waals surface area contributed by atoms with Gasteiger partial charge in [-0.15, -0.1) is 0 Å². The van der Waals surface area contributed by atoms with Gasteiger partial charge in [0.05, 0.1) is 7.11 Å². The lowest BCUT2D eigenvalue weighted by molar-refractivity contribution is 0.414. The maximum atomic E-state index is 5.01. The Morgan fingerprint density at radius 3 is 2.30 bits per heavy atom. The molecule has 1 rings (SSSR count). The summed E-state index contributed by atoms with van der Waals surface area (Å²) in [6.45, 7) is 0. The van der Waals surface area contributed by atoms with Crippen molar-refractivity contribution < 1.29 is 4.74 Å². The largest absolute Gasteiger partial charge is 0.497 e. The maximum absolute atomic E-state index is 5.01. The SMILES string of the molecule is BCc1ccc(OC)cc1. The first kappa shape index (κ1) is 7.20. The Hall–Kier alpha value is -0.915.